The van der Waals surface area contributed by atoms with E-state index in [1.165, 1.54) is 6.07 Å². The number of nitrogens with one attached hydrogen (secondary N) is 1. The van der Waals surface area contributed by atoms with E-state index < -0.39 is 17.3 Å². The Morgan fingerprint density at radius 3 is 2.52 bits per heavy atom. The molecule has 0 unspecified atom stereocenters. The Balaban J connectivity index is 0.948. The molecule has 0 spiro atoms. The quantitative estimate of drug-likeness (QED) is 0.324. The van der Waals surface area contributed by atoms with Crippen LogP contribution in [-0.2, 0) is 16.6 Å². The number of anilines is 1. The summed E-state index contributed by atoms with van der Waals surface area (Å²) in [6.45, 7) is 1.43. The molecule has 10 nitrogen and oxygen atoms in total. The fourth-order valence-electron chi connectivity index (χ4n) is 7.20. The Morgan fingerprint density at radius 2 is 1.80 bits per heavy atom. The van der Waals surface area contributed by atoms with E-state index in [0.29, 0.717) is 36.9 Å². The number of carbonyl (C=O) groups excluding carboxylic acids is 1. The number of halogens is 3. The summed E-state index contributed by atoms with van der Waals surface area (Å²) in [6, 6.07) is 9.34. The van der Waals surface area contributed by atoms with Crippen molar-refractivity contribution in [3.05, 3.63) is 66.2 Å². The number of hydrogen-bond acceptors (Lipinski definition) is 9. The van der Waals surface area contributed by atoms with Crippen molar-refractivity contribution in [3.8, 4) is 11.4 Å². The van der Waals surface area contributed by atoms with E-state index >= 15 is 0 Å². The number of amides is 1. The molecule has 1 saturated carbocycles. The zero-order valence-corrected chi connectivity index (χ0v) is 23.9. The van der Waals surface area contributed by atoms with Crippen LogP contribution in [0.15, 0.2) is 59.5 Å². The van der Waals surface area contributed by atoms with Crippen molar-refractivity contribution < 1.29 is 27.6 Å². The number of hydrogen-bond donors (Lipinski definition) is 2. The summed E-state index contributed by atoms with van der Waals surface area (Å²) in [5.41, 5.74) is -0.106. The number of carbonyl (C=O) groups is 1. The largest absolute Gasteiger partial charge is 0.416 e. The number of alkyl halides is 3. The number of rotatable bonds is 6. The van der Waals surface area contributed by atoms with E-state index in [9.17, 15) is 23.1 Å². The number of aromatic nitrogens is 4. The van der Waals surface area contributed by atoms with Gasteiger partial charge in [0.15, 0.2) is 17.2 Å². The van der Waals surface area contributed by atoms with E-state index in [1.54, 1.807) is 24.7 Å². The molecule has 0 radical (unpaired) electrons. The van der Waals surface area contributed by atoms with Crippen molar-refractivity contribution in [2.45, 2.75) is 68.4 Å². The minimum absolute atomic E-state index is 0.0836. The van der Waals surface area contributed by atoms with Gasteiger partial charge in [0.1, 0.15) is 5.60 Å². The van der Waals surface area contributed by atoms with Crippen molar-refractivity contribution in [3.63, 3.8) is 0 Å². The van der Waals surface area contributed by atoms with Crippen LogP contribution < -0.4 is 5.32 Å². The van der Waals surface area contributed by atoms with Crippen LogP contribution in [0.4, 0.5) is 19.0 Å². The van der Waals surface area contributed by atoms with E-state index in [1.807, 2.05) is 17.0 Å². The SMILES string of the molecule is O=C(CNc1noc2ccc(C(F)(F)F)cc12)N1CC[C@@H]2[C@H]1CCN2C1CCC(O)(c2ccc(-c3ncccn3)cn2)CC1. The second kappa shape index (κ2) is 11.1. The smallest absolute Gasteiger partial charge is 0.384 e. The number of aliphatic hydroxyl groups is 1. The molecule has 1 aromatic carbocycles. The summed E-state index contributed by atoms with van der Waals surface area (Å²) in [5.74, 6) is 0.600. The topological polar surface area (TPSA) is 121 Å². The third-order valence-corrected chi connectivity index (χ3v) is 9.46. The molecule has 1 amide bonds. The standard InChI is InChI=1S/C31H32F3N7O3/c32-31(33,34)20-3-4-25-22(16-20)29(39-44-25)38-18-27(42)41-15-9-23-24(41)8-14-40(23)21-6-10-30(43,11-7-21)26-5-2-19(17-37-26)28-35-12-1-13-36-28/h1-5,12-13,16-17,21,23-24,43H,6-11,14-15,18H2,(H,38,39)/t21?,23-,24-,30?/m1/s1. The van der Waals surface area contributed by atoms with Crippen molar-refractivity contribution in [2.24, 2.45) is 0 Å². The van der Waals surface area contributed by atoms with Gasteiger partial charge in [0, 0.05) is 55.4 Å². The Labute approximate surface area is 251 Å². The van der Waals surface area contributed by atoms with Gasteiger partial charge in [0.2, 0.25) is 5.91 Å². The molecule has 2 aliphatic heterocycles. The van der Waals surface area contributed by atoms with Crippen LogP contribution in [0.5, 0.6) is 0 Å². The maximum absolute atomic E-state index is 13.2. The first-order valence-electron chi connectivity index (χ1n) is 14.9. The lowest BCUT2D eigenvalue weighted by molar-refractivity contribution is -0.137. The molecular weight excluding hydrogens is 575 g/mol. The van der Waals surface area contributed by atoms with Crippen LogP contribution in [0.2, 0.25) is 0 Å². The van der Waals surface area contributed by atoms with Gasteiger partial charge in [-0.05, 0) is 74.9 Å². The van der Waals surface area contributed by atoms with Crippen LogP contribution in [-0.4, -0.2) is 78.7 Å². The average Bonchev–Trinajstić information content (AvgIpc) is 3.76. The van der Waals surface area contributed by atoms with Gasteiger partial charge >= 0.3 is 6.18 Å². The summed E-state index contributed by atoms with van der Waals surface area (Å²) < 4.78 is 44.7. The molecular formula is C31H32F3N7O3. The van der Waals surface area contributed by atoms with Gasteiger partial charge in [-0.2, -0.15) is 13.2 Å². The molecule has 4 aromatic rings. The number of likely N-dealkylation sites (tertiary alicyclic amines) is 2. The highest BCUT2D eigenvalue weighted by atomic mass is 19.4. The monoisotopic (exact) mass is 607 g/mol. The number of fused-ring (bicyclic) bond motifs is 2. The molecule has 44 heavy (non-hydrogen) atoms. The lowest BCUT2D eigenvalue weighted by Gasteiger charge is -2.41. The maximum Gasteiger partial charge on any atom is 0.416 e. The van der Waals surface area contributed by atoms with Gasteiger partial charge in [0.05, 0.1) is 23.2 Å². The van der Waals surface area contributed by atoms with Crippen molar-refractivity contribution >= 4 is 22.7 Å². The van der Waals surface area contributed by atoms with Gasteiger partial charge in [0.25, 0.3) is 0 Å². The van der Waals surface area contributed by atoms with E-state index in [0.717, 1.165) is 49.9 Å². The predicted molar refractivity (Wildman–Crippen MR) is 154 cm³/mol. The third-order valence-electron chi connectivity index (χ3n) is 9.46. The highest BCUT2D eigenvalue weighted by molar-refractivity contribution is 5.91. The normalized spacial score (nSPS) is 25.8. The summed E-state index contributed by atoms with van der Waals surface area (Å²) in [6.07, 6.45) is 5.19. The maximum atomic E-state index is 13.2. The second-order valence-corrected chi connectivity index (χ2v) is 11.9. The molecule has 2 saturated heterocycles. The fraction of sp³-hybridized carbons (Fsp3) is 0.452. The number of pyridine rings is 1. The molecule has 3 aromatic heterocycles. The Morgan fingerprint density at radius 1 is 1.02 bits per heavy atom. The Kier molecular flexibility index (Phi) is 7.24. The second-order valence-electron chi connectivity index (χ2n) is 11.9. The van der Waals surface area contributed by atoms with Crippen LogP contribution in [0.1, 0.15) is 49.8 Å². The number of benzene rings is 1. The molecule has 7 rings (SSSR count). The molecule has 13 heteroatoms. The highest BCUT2D eigenvalue weighted by Gasteiger charge is 2.48. The Hall–Kier alpha value is -4.10. The summed E-state index contributed by atoms with van der Waals surface area (Å²) in [5, 5.41) is 18.4. The van der Waals surface area contributed by atoms with Gasteiger partial charge in [-0.1, -0.05) is 5.16 Å². The van der Waals surface area contributed by atoms with Crippen molar-refractivity contribution in [1.29, 1.82) is 0 Å². The first-order valence-corrected chi connectivity index (χ1v) is 14.9. The fourth-order valence-corrected chi connectivity index (χ4v) is 7.20. The molecule has 0 bridgehead atoms. The summed E-state index contributed by atoms with van der Waals surface area (Å²) in [7, 11) is 0. The predicted octanol–water partition coefficient (Wildman–Crippen LogP) is 4.62. The van der Waals surface area contributed by atoms with Crippen LogP contribution in [0.25, 0.3) is 22.4 Å². The highest BCUT2D eigenvalue weighted by Crippen LogP contribution is 2.42. The number of nitrogens with zero attached hydrogens (tertiary/aromatic N) is 6. The molecule has 3 aliphatic rings. The Bertz CT molecular complexity index is 1640. The average molecular weight is 608 g/mol. The van der Waals surface area contributed by atoms with Crippen molar-refractivity contribution in [2.75, 3.05) is 25.0 Å². The first-order chi connectivity index (χ1) is 21.2. The molecule has 2 atom stereocenters. The zero-order valence-electron chi connectivity index (χ0n) is 23.9. The lowest BCUT2D eigenvalue weighted by Crippen LogP contribution is -2.47. The summed E-state index contributed by atoms with van der Waals surface area (Å²) >= 11 is 0. The molecule has 2 N–H and O–H groups in total. The molecule has 3 fully saturated rings. The molecule has 5 heterocycles. The van der Waals surface area contributed by atoms with Gasteiger partial charge in [-0.15, -0.1) is 0 Å². The lowest BCUT2D eigenvalue weighted by atomic mass is 9.79. The van der Waals surface area contributed by atoms with Crippen LogP contribution >= 0.6 is 0 Å². The minimum Gasteiger partial charge on any atom is -0.384 e. The van der Waals surface area contributed by atoms with Crippen LogP contribution in [0.3, 0.4) is 0 Å². The van der Waals surface area contributed by atoms with E-state index in [-0.39, 0.29) is 41.3 Å². The van der Waals surface area contributed by atoms with E-state index in [4.69, 9.17) is 4.52 Å². The van der Waals surface area contributed by atoms with E-state index in [2.05, 4.69) is 30.3 Å². The molecule has 1 aliphatic carbocycles. The minimum atomic E-state index is -4.49. The van der Waals surface area contributed by atoms with Gasteiger partial charge in [-0.25, -0.2) is 9.97 Å². The zero-order chi connectivity index (χ0) is 30.5. The summed E-state index contributed by atoms with van der Waals surface area (Å²) in [4.78, 5) is 30.7. The van der Waals surface area contributed by atoms with Gasteiger partial charge in [-0.3, -0.25) is 14.7 Å². The first kappa shape index (κ1) is 28.7. The molecule has 230 valence electrons. The van der Waals surface area contributed by atoms with Crippen molar-refractivity contribution in [1.82, 2.24) is 29.9 Å². The van der Waals surface area contributed by atoms with Gasteiger partial charge < -0.3 is 19.8 Å². The third kappa shape index (κ3) is 5.28. The van der Waals surface area contributed by atoms with Crippen LogP contribution in [0, 0.1) is 0 Å².